The third-order valence-corrected chi connectivity index (χ3v) is 2.27. The molecule has 0 bridgehead atoms. The minimum Gasteiger partial charge on any atom is -0.444 e. The van der Waals surface area contributed by atoms with E-state index in [2.05, 4.69) is 4.74 Å². The number of carbonyl (C=O) groups excluding carboxylic acids is 1. The molecular weight excluding hydrogens is 268 g/mol. The number of hydrogen-bond donors (Lipinski definition) is 0. The predicted molar refractivity (Wildman–Crippen MR) is 70.8 cm³/mol. The first-order chi connectivity index (χ1) is 9.17. The third kappa shape index (κ3) is 5.86. The van der Waals surface area contributed by atoms with Crippen LogP contribution in [-0.4, -0.2) is 30.3 Å². The maximum absolute atomic E-state index is 12.0. The summed E-state index contributed by atoms with van der Waals surface area (Å²) in [6, 6.07) is 6.12. The molecule has 0 aromatic heterocycles. The van der Waals surface area contributed by atoms with Crippen LogP contribution < -0.4 is 4.74 Å². The Labute approximate surface area is 117 Å². The summed E-state index contributed by atoms with van der Waals surface area (Å²) in [5.74, 6) is 0.0867. The van der Waals surface area contributed by atoms with Crippen molar-refractivity contribution >= 4 is 6.09 Å². The molecule has 4 nitrogen and oxygen atoms in total. The van der Waals surface area contributed by atoms with Crippen molar-refractivity contribution in [1.29, 1.82) is 0 Å². The van der Waals surface area contributed by atoms with Crippen molar-refractivity contribution in [3.8, 4) is 5.75 Å². The van der Waals surface area contributed by atoms with Crippen LogP contribution in [0.1, 0.15) is 26.3 Å². The highest BCUT2D eigenvalue weighted by atomic mass is 19.3. The Morgan fingerprint density at radius 1 is 1.25 bits per heavy atom. The van der Waals surface area contributed by atoms with Crippen LogP contribution >= 0.6 is 0 Å². The van der Waals surface area contributed by atoms with Crippen LogP contribution in [0.25, 0.3) is 0 Å². The molecule has 6 heteroatoms. The fourth-order valence-electron chi connectivity index (χ4n) is 1.45. The number of rotatable bonds is 4. The van der Waals surface area contributed by atoms with Crippen molar-refractivity contribution in [2.45, 2.75) is 39.5 Å². The molecule has 0 radical (unpaired) electrons. The molecule has 0 atom stereocenters. The average molecular weight is 287 g/mol. The van der Waals surface area contributed by atoms with Crippen LogP contribution in [0.2, 0.25) is 0 Å². The second kappa shape index (κ2) is 6.54. The molecule has 112 valence electrons. The summed E-state index contributed by atoms with van der Waals surface area (Å²) >= 11 is 0. The zero-order valence-electron chi connectivity index (χ0n) is 12.0. The molecule has 0 saturated heterocycles. The van der Waals surface area contributed by atoms with Crippen molar-refractivity contribution < 1.29 is 23.0 Å². The van der Waals surface area contributed by atoms with Gasteiger partial charge in [-0.2, -0.15) is 8.78 Å². The van der Waals surface area contributed by atoms with Gasteiger partial charge in [-0.25, -0.2) is 4.79 Å². The molecule has 0 fully saturated rings. The molecule has 0 aliphatic carbocycles. The molecule has 0 heterocycles. The van der Waals surface area contributed by atoms with Crippen molar-refractivity contribution in [3.63, 3.8) is 0 Å². The first-order valence-electron chi connectivity index (χ1n) is 6.15. The van der Waals surface area contributed by atoms with Crippen LogP contribution in [0.3, 0.4) is 0 Å². The minimum atomic E-state index is -2.84. The predicted octanol–water partition coefficient (Wildman–Crippen LogP) is 3.65. The number of ether oxygens (including phenoxy) is 2. The smallest absolute Gasteiger partial charge is 0.410 e. The lowest BCUT2D eigenvalue weighted by molar-refractivity contribution is -0.0498. The molecule has 1 aromatic carbocycles. The molecule has 0 aliphatic rings. The summed E-state index contributed by atoms with van der Waals surface area (Å²) in [5, 5.41) is 0. The Kier molecular flexibility index (Phi) is 5.30. The molecule has 0 unspecified atom stereocenters. The maximum atomic E-state index is 12.0. The number of carbonyl (C=O) groups is 1. The van der Waals surface area contributed by atoms with E-state index in [-0.39, 0.29) is 5.75 Å². The lowest BCUT2D eigenvalue weighted by atomic mass is 10.2. The van der Waals surface area contributed by atoms with Gasteiger partial charge in [-0.1, -0.05) is 12.1 Å². The van der Waals surface area contributed by atoms with E-state index in [1.165, 1.54) is 17.0 Å². The van der Waals surface area contributed by atoms with Gasteiger partial charge in [0.15, 0.2) is 0 Å². The number of amides is 1. The minimum absolute atomic E-state index is 0.0867. The second-order valence-electron chi connectivity index (χ2n) is 5.36. The molecule has 0 aliphatic heterocycles. The van der Waals surface area contributed by atoms with Crippen LogP contribution in [0.5, 0.6) is 5.75 Å². The van der Waals surface area contributed by atoms with Crippen LogP contribution in [0.4, 0.5) is 13.6 Å². The maximum Gasteiger partial charge on any atom is 0.410 e. The quantitative estimate of drug-likeness (QED) is 0.848. The lowest BCUT2D eigenvalue weighted by Gasteiger charge is -2.24. The lowest BCUT2D eigenvalue weighted by Crippen LogP contribution is -2.33. The second-order valence-corrected chi connectivity index (χ2v) is 5.36. The molecule has 0 N–H and O–H groups in total. The van der Waals surface area contributed by atoms with Gasteiger partial charge in [-0.3, -0.25) is 0 Å². The molecule has 0 spiro atoms. The molecule has 0 saturated carbocycles. The van der Waals surface area contributed by atoms with E-state index in [0.717, 1.165) is 5.56 Å². The monoisotopic (exact) mass is 287 g/mol. The Balaban J connectivity index is 2.58. The Morgan fingerprint density at radius 3 is 2.25 bits per heavy atom. The standard InChI is InChI=1S/C14H19F2NO3/c1-14(2,3)20-13(18)17(4)9-10-5-7-11(8-6-10)19-12(15)16/h5-8,12H,9H2,1-4H3. The van der Waals surface area contributed by atoms with Crippen molar-refractivity contribution in [2.75, 3.05) is 7.05 Å². The number of hydrogen-bond acceptors (Lipinski definition) is 3. The van der Waals surface area contributed by atoms with Gasteiger partial charge in [0.05, 0.1) is 0 Å². The fourth-order valence-corrected chi connectivity index (χ4v) is 1.45. The largest absolute Gasteiger partial charge is 0.444 e. The average Bonchev–Trinajstić information content (AvgIpc) is 2.28. The summed E-state index contributed by atoms with van der Waals surface area (Å²) in [5.41, 5.74) is 0.236. The van der Waals surface area contributed by atoms with E-state index in [1.807, 2.05) is 0 Å². The van der Waals surface area contributed by atoms with Gasteiger partial charge in [-0.15, -0.1) is 0 Å². The van der Waals surface area contributed by atoms with E-state index >= 15 is 0 Å². The van der Waals surface area contributed by atoms with Crippen LogP contribution in [0, 0.1) is 0 Å². The number of nitrogens with zero attached hydrogens (tertiary/aromatic N) is 1. The van der Waals surface area contributed by atoms with Gasteiger partial charge in [0.2, 0.25) is 0 Å². The zero-order chi connectivity index (χ0) is 15.3. The van der Waals surface area contributed by atoms with Gasteiger partial charge in [0.25, 0.3) is 0 Å². The summed E-state index contributed by atoms with van der Waals surface area (Å²) in [6.45, 7) is 2.84. The van der Waals surface area contributed by atoms with E-state index in [4.69, 9.17) is 4.74 Å². The van der Waals surface area contributed by atoms with Crippen molar-refractivity contribution in [3.05, 3.63) is 29.8 Å². The summed E-state index contributed by atoms with van der Waals surface area (Å²) < 4.78 is 33.5. The van der Waals surface area contributed by atoms with Crippen LogP contribution in [-0.2, 0) is 11.3 Å². The summed E-state index contributed by atoms with van der Waals surface area (Å²) in [6.07, 6.45) is -0.439. The molecular formula is C14H19F2NO3. The fraction of sp³-hybridized carbons (Fsp3) is 0.500. The molecule has 1 amide bonds. The third-order valence-electron chi connectivity index (χ3n) is 2.27. The Morgan fingerprint density at radius 2 is 1.80 bits per heavy atom. The van der Waals surface area contributed by atoms with Crippen molar-refractivity contribution in [1.82, 2.24) is 4.90 Å². The highest BCUT2D eigenvalue weighted by Gasteiger charge is 2.19. The SMILES string of the molecule is CN(Cc1ccc(OC(F)F)cc1)C(=O)OC(C)(C)C. The summed E-state index contributed by atoms with van der Waals surface area (Å²) in [7, 11) is 1.61. The number of alkyl halides is 2. The van der Waals surface area contributed by atoms with Crippen molar-refractivity contribution in [2.24, 2.45) is 0 Å². The molecule has 1 rings (SSSR count). The molecule has 1 aromatic rings. The topological polar surface area (TPSA) is 38.8 Å². The first-order valence-corrected chi connectivity index (χ1v) is 6.15. The van der Waals surface area contributed by atoms with Crippen LogP contribution in [0.15, 0.2) is 24.3 Å². The highest BCUT2D eigenvalue weighted by molar-refractivity contribution is 5.67. The van der Waals surface area contributed by atoms with Gasteiger partial charge >= 0.3 is 12.7 Å². The van der Waals surface area contributed by atoms with Gasteiger partial charge in [0, 0.05) is 13.6 Å². The van der Waals surface area contributed by atoms with Gasteiger partial charge < -0.3 is 14.4 Å². The number of benzene rings is 1. The molecule has 20 heavy (non-hydrogen) atoms. The van der Waals surface area contributed by atoms with Gasteiger partial charge in [0.1, 0.15) is 11.4 Å². The number of halogens is 2. The Hall–Kier alpha value is -1.85. The van der Waals surface area contributed by atoms with E-state index < -0.39 is 18.3 Å². The van der Waals surface area contributed by atoms with E-state index in [1.54, 1.807) is 40.0 Å². The van der Waals surface area contributed by atoms with E-state index in [0.29, 0.717) is 6.54 Å². The summed E-state index contributed by atoms with van der Waals surface area (Å²) in [4.78, 5) is 13.2. The Bertz CT molecular complexity index is 441. The highest BCUT2D eigenvalue weighted by Crippen LogP contribution is 2.16. The van der Waals surface area contributed by atoms with Gasteiger partial charge in [-0.05, 0) is 38.5 Å². The van der Waals surface area contributed by atoms with E-state index in [9.17, 15) is 13.6 Å². The normalized spacial score (nSPS) is 11.3. The zero-order valence-corrected chi connectivity index (χ0v) is 12.0. The first kappa shape index (κ1) is 16.2.